The molecule has 0 unspecified atom stereocenters. The van der Waals surface area contributed by atoms with Crippen molar-refractivity contribution in [1.29, 1.82) is 0 Å². The molecule has 20 heavy (non-hydrogen) atoms. The van der Waals surface area contributed by atoms with Crippen LogP contribution in [0.4, 0.5) is 0 Å². The zero-order valence-electron chi connectivity index (χ0n) is 10.7. The number of pyridine rings is 1. The summed E-state index contributed by atoms with van der Waals surface area (Å²) in [4.78, 5) is 15.1. The molecule has 0 bridgehead atoms. The van der Waals surface area contributed by atoms with Crippen molar-refractivity contribution in [3.63, 3.8) is 0 Å². The molecule has 0 aliphatic heterocycles. The van der Waals surface area contributed by atoms with Crippen molar-refractivity contribution >= 4 is 29.1 Å². The number of nitrogens with zero attached hydrogens (tertiary/aromatic N) is 1. The SMILES string of the molecule is CC(=O)NCc1cc(-c2c(O)ccc(Cl)c2Cl)ccn1. The van der Waals surface area contributed by atoms with Crippen LogP contribution in [0.25, 0.3) is 11.1 Å². The third-order valence-electron chi connectivity index (χ3n) is 2.70. The summed E-state index contributed by atoms with van der Waals surface area (Å²) in [5.41, 5.74) is 1.80. The van der Waals surface area contributed by atoms with Gasteiger partial charge in [-0.3, -0.25) is 9.78 Å². The van der Waals surface area contributed by atoms with Gasteiger partial charge >= 0.3 is 0 Å². The number of phenolic OH excluding ortho intramolecular Hbond substituents is 1. The third-order valence-corrected chi connectivity index (χ3v) is 3.50. The molecule has 0 radical (unpaired) electrons. The number of halogens is 2. The van der Waals surface area contributed by atoms with Gasteiger partial charge in [0, 0.05) is 18.7 Å². The van der Waals surface area contributed by atoms with Crippen LogP contribution < -0.4 is 5.32 Å². The summed E-state index contributed by atoms with van der Waals surface area (Å²) in [6, 6.07) is 6.47. The van der Waals surface area contributed by atoms with Crippen LogP contribution in [0.3, 0.4) is 0 Å². The number of amides is 1. The second-order valence-corrected chi connectivity index (χ2v) is 4.99. The van der Waals surface area contributed by atoms with E-state index in [1.54, 1.807) is 18.3 Å². The number of hydrogen-bond donors (Lipinski definition) is 2. The monoisotopic (exact) mass is 310 g/mol. The van der Waals surface area contributed by atoms with Crippen molar-refractivity contribution in [2.24, 2.45) is 0 Å². The van der Waals surface area contributed by atoms with Gasteiger partial charge in [-0.05, 0) is 29.8 Å². The largest absolute Gasteiger partial charge is 0.507 e. The summed E-state index contributed by atoms with van der Waals surface area (Å²) in [6.45, 7) is 1.74. The Morgan fingerprint density at radius 3 is 2.80 bits per heavy atom. The molecule has 0 aliphatic rings. The molecule has 1 aromatic heterocycles. The van der Waals surface area contributed by atoms with E-state index in [0.29, 0.717) is 28.4 Å². The molecule has 104 valence electrons. The molecule has 2 rings (SSSR count). The van der Waals surface area contributed by atoms with E-state index in [0.717, 1.165) is 0 Å². The van der Waals surface area contributed by atoms with Gasteiger partial charge in [0.05, 0.1) is 22.3 Å². The molecule has 0 atom stereocenters. The van der Waals surface area contributed by atoms with Crippen LogP contribution in [0.1, 0.15) is 12.6 Å². The lowest BCUT2D eigenvalue weighted by Gasteiger charge is -2.10. The third kappa shape index (κ3) is 3.21. The Morgan fingerprint density at radius 1 is 1.35 bits per heavy atom. The predicted molar refractivity (Wildman–Crippen MR) is 78.9 cm³/mol. The molecule has 6 heteroatoms. The quantitative estimate of drug-likeness (QED) is 0.913. The van der Waals surface area contributed by atoms with Crippen molar-refractivity contribution in [1.82, 2.24) is 10.3 Å². The number of carbonyl (C=O) groups excluding carboxylic acids is 1. The number of aromatic hydroxyl groups is 1. The number of aromatic nitrogens is 1. The van der Waals surface area contributed by atoms with E-state index in [-0.39, 0.29) is 16.7 Å². The van der Waals surface area contributed by atoms with Gasteiger partial charge in [-0.15, -0.1) is 0 Å². The van der Waals surface area contributed by atoms with E-state index in [1.807, 2.05) is 0 Å². The Kier molecular flexibility index (Phi) is 4.47. The average Bonchev–Trinajstić information content (AvgIpc) is 2.42. The normalized spacial score (nSPS) is 10.3. The Labute approximate surface area is 126 Å². The van der Waals surface area contributed by atoms with Crippen LogP contribution in [0.5, 0.6) is 5.75 Å². The highest BCUT2D eigenvalue weighted by Crippen LogP contribution is 2.39. The van der Waals surface area contributed by atoms with Crippen LogP contribution in [0.2, 0.25) is 10.0 Å². The van der Waals surface area contributed by atoms with Crippen molar-refractivity contribution < 1.29 is 9.90 Å². The lowest BCUT2D eigenvalue weighted by Crippen LogP contribution is -2.19. The maximum Gasteiger partial charge on any atom is 0.217 e. The van der Waals surface area contributed by atoms with E-state index < -0.39 is 0 Å². The molecule has 0 saturated carbocycles. The van der Waals surface area contributed by atoms with Crippen molar-refractivity contribution in [3.8, 4) is 16.9 Å². The lowest BCUT2D eigenvalue weighted by atomic mass is 10.0. The van der Waals surface area contributed by atoms with E-state index in [2.05, 4.69) is 10.3 Å². The van der Waals surface area contributed by atoms with Crippen molar-refractivity contribution in [2.45, 2.75) is 13.5 Å². The van der Waals surface area contributed by atoms with E-state index in [1.165, 1.54) is 19.1 Å². The molecule has 1 heterocycles. The van der Waals surface area contributed by atoms with Crippen LogP contribution in [0, 0.1) is 0 Å². The van der Waals surface area contributed by atoms with Crippen LogP contribution in [-0.2, 0) is 11.3 Å². The molecule has 0 fully saturated rings. The smallest absolute Gasteiger partial charge is 0.217 e. The van der Waals surface area contributed by atoms with Crippen LogP contribution in [0.15, 0.2) is 30.5 Å². The molecule has 0 aliphatic carbocycles. The number of carbonyl (C=O) groups is 1. The second kappa shape index (κ2) is 6.11. The first kappa shape index (κ1) is 14.6. The van der Waals surface area contributed by atoms with E-state index in [9.17, 15) is 9.90 Å². The molecule has 0 saturated heterocycles. The van der Waals surface area contributed by atoms with Crippen LogP contribution >= 0.6 is 23.2 Å². The summed E-state index contributed by atoms with van der Waals surface area (Å²) in [7, 11) is 0. The molecular formula is C14H12Cl2N2O2. The molecular weight excluding hydrogens is 299 g/mol. The minimum absolute atomic E-state index is 0.0380. The van der Waals surface area contributed by atoms with Gasteiger partial charge in [-0.1, -0.05) is 23.2 Å². The van der Waals surface area contributed by atoms with Gasteiger partial charge in [-0.2, -0.15) is 0 Å². The minimum atomic E-state index is -0.138. The maximum atomic E-state index is 10.9. The summed E-state index contributed by atoms with van der Waals surface area (Å²) in [5, 5.41) is 13.2. The number of hydrogen-bond acceptors (Lipinski definition) is 3. The first-order valence-electron chi connectivity index (χ1n) is 5.85. The summed E-state index contributed by atoms with van der Waals surface area (Å²) < 4.78 is 0. The molecule has 4 nitrogen and oxygen atoms in total. The lowest BCUT2D eigenvalue weighted by molar-refractivity contribution is -0.119. The molecule has 0 spiro atoms. The van der Waals surface area contributed by atoms with E-state index >= 15 is 0 Å². The fraction of sp³-hybridized carbons (Fsp3) is 0.143. The van der Waals surface area contributed by atoms with Crippen molar-refractivity contribution in [3.05, 3.63) is 46.2 Å². The van der Waals surface area contributed by atoms with Gasteiger partial charge in [0.15, 0.2) is 0 Å². The second-order valence-electron chi connectivity index (χ2n) is 4.20. The minimum Gasteiger partial charge on any atom is -0.507 e. The summed E-state index contributed by atoms with van der Waals surface area (Å²) >= 11 is 12.1. The highest BCUT2D eigenvalue weighted by Gasteiger charge is 2.13. The maximum absolute atomic E-state index is 10.9. The molecule has 2 N–H and O–H groups in total. The first-order valence-corrected chi connectivity index (χ1v) is 6.61. The van der Waals surface area contributed by atoms with Gasteiger partial charge in [0.1, 0.15) is 5.75 Å². The van der Waals surface area contributed by atoms with E-state index in [4.69, 9.17) is 23.2 Å². The van der Waals surface area contributed by atoms with Gasteiger partial charge in [0.25, 0.3) is 0 Å². The van der Waals surface area contributed by atoms with Crippen molar-refractivity contribution in [2.75, 3.05) is 0 Å². The number of phenols is 1. The summed E-state index contributed by atoms with van der Waals surface area (Å²) in [5.74, 6) is -0.100. The highest BCUT2D eigenvalue weighted by molar-refractivity contribution is 6.44. The zero-order valence-corrected chi connectivity index (χ0v) is 12.2. The fourth-order valence-electron chi connectivity index (χ4n) is 1.76. The first-order chi connectivity index (χ1) is 9.49. The molecule has 1 amide bonds. The summed E-state index contributed by atoms with van der Waals surface area (Å²) in [6.07, 6.45) is 1.59. The van der Waals surface area contributed by atoms with Gasteiger partial charge in [-0.25, -0.2) is 0 Å². The van der Waals surface area contributed by atoms with Gasteiger partial charge in [0.2, 0.25) is 5.91 Å². The predicted octanol–water partition coefficient (Wildman–Crippen LogP) is 3.40. The number of benzene rings is 1. The van der Waals surface area contributed by atoms with Gasteiger partial charge < -0.3 is 10.4 Å². The standard InChI is InChI=1S/C14H12Cl2N2O2/c1-8(19)18-7-10-6-9(4-5-17-10)13-12(20)3-2-11(15)14(13)16/h2-6,20H,7H2,1H3,(H,18,19). The topological polar surface area (TPSA) is 62.2 Å². The fourth-order valence-corrected chi connectivity index (χ4v) is 2.19. The zero-order chi connectivity index (χ0) is 14.7. The Balaban J connectivity index is 2.41. The Morgan fingerprint density at radius 2 is 2.10 bits per heavy atom. The highest BCUT2D eigenvalue weighted by atomic mass is 35.5. The molecule has 1 aromatic carbocycles. The number of nitrogens with one attached hydrogen (secondary N) is 1. The molecule has 2 aromatic rings. The average molecular weight is 311 g/mol. The Bertz CT molecular complexity index is 660. The Hall–Kier alpha value is -1.78. The number of rotatable bonds is 3. The van der Waals surface area contributed by atoms with Crippen LogP contribution in [-0.4, -0.2) is 16.0 Å².